The summed E-state index contributed by atoms with van der Waals surface area (Å²) in [4.78, 5) is 0. The second-order valence-corrected chi connectivity index (χ2v) is 5.89. The van der Waals surface area contributed by atoms with E-state index in [-0.39, 0.29) is 6.04 Å². The molecule has 0 aromatic rings. The first-order valence-corrected chi connectivity index (χ1v) is 7.07. The van der Waals surface area contributed by atoms with Gasteiger partial charge >= 0.3 is 0 Å². The molecule has 0 aromatic heterocycles. The van der Waals surface area contributed by atoms with Gasteiger partial charge in [-0.05, 0) is 12.8 Å². The van der Waals surface area contributed by atoms with E-state index in [4.69, 9.17) is 5.73 Å². The fourth-order valence-corrected chi connectivity index (χ4v) is 3.30. The van der Waals surface area contributed by atoms with Crippen LogP contribution >= 0.6 is 0 Å². The third-order valence-corrected chi connectivity index (χ3v) is 4.09. The molecule has 0 unspecified atom stereocenters. The van der Waals surface area contributed by atoms with Gasteiger partial charge in [0.15, 0.2) is 0 Å². The van der Waals surface area contributed by atoms with Gasteiger partial charge in [0.1, 0.15) is 0 Å². The zero-order chi connectivity index (χ0) is 10.6. The molecule has 0 saturated heterocycles. The van der Waals surface area contributed by atoms with E-state index in [1.165, 1.54) is 12.7 Å². The van der Waals surface area contributed by atoms with Crippen LogP contribution in [0.3, 0.4) is 0 Å². The lowest BCUT2D eigenvalue weighted by Crippen LogP contribution is -2.43. The third kappa shape index (κ3) is 3.22. The number of hydrogen-bond acceptors (Lipinski definition) is 3. The van der Waals surface area contributed by atoms with Crippen molar-refractivity contribution in [2.45, 2.75) is 38.1 Å². The SMILES string of the molecule is CS(=O)(=O)N(CCN)C1CCCCC1. The fraction of sp³-hybridized carbons (Fsp3) is 1.00. The minimum atomic E-state index is -3.07. The molecule has 84 valence electrons. The number of hydrogen-bond donors (Lipinski definition) is 1. The average molecular weight is 220 g/mol. The largest absolute Gasteiger partial charge is 0.329 e. The lowest BCUT2D eigenvalue weighted by atomic mass is 9.95. The summed E-state index contributed by atoms with van der Waals surface area (Å²) in [5.41, 5.74) is 5.43. The topological polar surface area (TPSA) is 63.4 Å². The highest BCUT2D eigenvalue weighted by molar-refractivity contribution is 7.88. The van der Waals surface area contributed by atoms with E-state index in [2.05, 4.69) is 0 Å². The second kappa shape index (κ2) is 5.09. The zero-order valence-corrected chi connectivity index (χ0v) is 9.59. The van der Waals surface area contributed by atoms with Gasteiger partial charge in [-0.25, -0.2) is 8.42 Å². The number of nitrogens with two attached hydrogens (primary N) is 1. The zero-order valence-electron chi connectivity index (χ0n) is 8.78. The molecule has 1 saturated carbocycles. The van der Waals surface area contributed by atoms with Gasteiger partial charge in [0.2, 0.25) is 10.0 Å². The van der Waals surface area contributed by atoms with Crippen LogP contribution in [0.1, 0.15) is 32.1 Å². The minimum absolute atomic E-state index is 0.197. The van der Waals surface area contributed by atoms with Gasteiger partial charge in [0.05, 0.1) is 6.26 Å². The van der Waals surface area contributed by atoms with Crippen molar-refractivity contribution in [1.82, 2.24) is 4.31 Å². The standard InChI is InChI=1S/C9H20N2O2S/c1-14(12,13)11(8-7-10)9-5-3-2-4-6-9/h9H,2-8,10H2,1H3. The summed E-state index contributed by atoms with van der Waals surface area (Å²) in [6.45, 7) is 0.868. The lowest BCUT2D eigenvalue weighted by Gasteiger charge is -2.32. The summed E-state index contributed by atoms with van der Waals surface area (Å²) in [5.74, 6) is 0. The van der Waals surface area contributed by atoms with Crippen molar-refractivity contribution < 1.29 is 8.42 Å². The Hall–Kier alpha value is -0.130. The van der Waals surface area contributed by atoms with E-state index >= 15 is 0 Å². The van der Waals surface area contributed by atoms with Gasteiger partial charge in [-0.2, -0.15) is 4.31 Å². The third-order valence-electron chi connectivity index (χ3n) is 2.76. The van der Waals surface area contributed by atoms with Gasteiger partial charge in [-0.15, -0.1) is 0 Å². The predicted molar refractivity (Wildman–Crippen MR) is 57.5 cm³/mol. The van der Waals surface area contributed by atoms with Crippen LogP contribution < -0.4 is 5.73 Å². The Bertz CT molecular complexity index is 258. The monoisotopic (exact) mass is 220 g/mol. The molecule has 0 atom stereocenters. The van der Waals surface area contributed by atoms with E-state index < -0.39 is 10.0 Å². The molecule has 0 amide bonds. The van der Waals surface area contributed by atoms with Gasteiger partial charge in [-0.3, -0.25) is 0 Å². The van der Waals surface area contributed by atoms with E-state index in [1.807, 2.05) is 0 Å². The van der Waals surface area contributed by atoms with E-state index in [1.54, 1.807) is 4.31 Å². The molecule has 2 N–H and O–H groups in total. The number of nitrogens with zero attached hydrogens (tertiary/aromatic N) is 1. The Morgan fingerprint density at radius 3 is 2.29 bits per heavy atom. The minimum Gasteiger partial charge on any atom is -0.329 e. The predicted octanol–water partition coefficient (Wildman–Crippen LogP) is 0.539. The summed E-state index contributed by atoms with van der Waals surface area (Å²) in [7, 11) is -3.07. The average Bonchev–Trinajstić information content (AvgIpc) is 2.14. The van der Waals surface area contributed by atoms with E-state index in [9.17, 15) is 8.42 Å². The van der Waals surface area contributed by atoms with Crippen LogP contribution in [0.15, 0.2) is 0 Å². The fourth-order valence-electron chi connectivity index (χ4n) is 2.12. The van der Waals surface area contributed by atoms with Crippen LogP contribution in [0.4, 0.5) is 0 Å². The molecule has 5 heteroatoms. The Kier molecular flexibility index (Phi) is 4.34. The normalized spacial score (nSPS) is 20.2. The van der Waals surface area contributed by atoms with Gasteiger partial charge in [-0.1, -0.05) is 19.3 Å². The molecular weight excluding hydrogens is 200 g/mol. The smallest absolute Gasteiger partial charge is 0.211 e. The van der Waals surface area contributed by atoms with Crippen LogP contribution in [-0.2, 0) is 10.0 Å². The molecule has 14 heavy (non-hydrogen) atoms. The van der Waals surface area contributed by atoms with E-state index in [0.717, 1.165) is 25.7 Å². The molecule has 0 bridgehead atoms. The summed E-state index contributed by atoms with van der Waals surface area (Å²) >= 11 is 0. The van der Waals surface area contributed by atoms with Crippen molar-refractivity contribution in [3.63, 3.8) is 0 Å². The van der Waals surface area contributed by atoms with E-state index in [0.29, 0.717) is 13.1 Å². The van der Waals surface area contributed by atoms with Gasteiger partial charge in [0.25, 0.3) is 0 Å². The second-order valence-electron chi connectivity index (χ2n) is 3.95. The summed E-state index contributed by atoms with van der Waals surface area (Å²) in [6, 6.07) is 0.197. The Morgan fingerprint density at radius 1 is 1.29 bits per heavy atom. The van der Waals surface area contributed by atoms with Crippen molar-refractivity contribution in [2.75, 3.05) is 19.3 Å². The highest BCUT2D eigenvalue weighted by atomic mass is 32.2. The maximum Gasteiger partial charge on any atom is 0.211 e. The van der Waals surface area contributed by atoms with Crippen molar-refractivity contribution in [3.8, 4) is 0 Å². The maximum absolute atomic E-state index is 11.5. The molecule has 1 aliphatic rings. The summed E-state index contributed by atoms with van der Waals surface area (Å²) in [5, 5.41) is 0. The Morgan fingerprint density at radius 2 is 1.86 bits per heavy atom. The van der Waals surface area contributed by atoms with Crippen LogP contribution in [0.2, 0.25) is 0 Å². The first kappa shape index (κ1) is 11.9. The van der Waals surface area contributed by atoms with Crippen LogP contribution in [0.25, 0.3) is 0 Å². The van der Waals surface area contributed by atoms with Crippen molar-refractivity contribution in [2.24, 2.45) is 5.73 Å². The first-order chi connectivity index (χ1) is 6.55. The Labute approximate surface area is 86.5 Å². The van der Waals surface area contributed by atoms with Gasteiger partial charge < -0.3 is 5.73 Å². The summed E-state index contributed by atoms with van der Waals surface area (Å²) < 4.78 is 24.6. The molecular formula is C9H20N2O2S. The first-order valence-electron chi connectivity index (χ1n) is 5.22. The summed E-state index contributed by atoms with van der Waals surface area (Å²) in [6.07, 6.45) is 6.77. The molecule has 4 nitrogen and oxygen atoms in total. The molecule has 0 aliphatic heterocycles. The molecule has 1 rings (SSSR count). The molecule has 0 aromatic carbocycles. The lowest BCUT2D eigenvalue weighted by molar-refractivity contribution is 0.259. The molecule has 1 aliphatic carbocycles. The number of rotatable bonds is 4. The highest BCUT2D eigenvalue weighted by Gasteiger charge is 2.26. The Balaban J connectivity index is 2.66. The van der Waals surface area contributed by atoms with Crippen molar-refractivity contribution >= 4 is 10.0 Å². The van der Waals surface area contributed by atoms with Crippen LogP contribution in [-0.4, -0.2) is 38.1 Å². The highest BCUT2D eigenvalue weighted by Crippen LogP contribution is 2.23. The quantitative estimate of drug-likeness (QED) is 0.752. The van der Waals surface area contributed by atoms with Gasteiger partial charge in [0, 0.05) is 19.1 Å². The maximum atomic E-state index is 11.5. The number of sulfonamides is 1. The molecule has 0 radical (unpaired) electrons. The molecule has 0 spiro atoms. The molecule has 1 fully saturated rings. The van der Waals surface area contributed by atoms with Crippen molar-refractivity contribution in [1.29, 1.82) is 0 Å². The van der Waals surface area contributed by atoms with Crippen molar-refractivity contribution in [3.05, 3.63) is 0 Å². The molecule has 0 heterocycles. The van der Waals surface area contributed by atoms with Crippen LogP contribution in [0.5, 0.6) is 0 Å². The van der Waals surface area contributed by atoms with Crippen LogP contribution in [0, 0.1) is 0 Å².